The molecule has 140 valence electrons. The fourth-order valence-corrected chi connectivity index (χ4v) is 5.53. The molecule has 1 fully saturated rings. The number of rotatable bonds is 4. The number of likely N-dealkylation sites (tertiary alicyclic amines) is 1. The second-order valence-corrected chi connectivity index (χ2v) is 8.78. The summed E-state index contributed by atoms with van der Waals surface area (Å²) in [6.07, 6.45) is 4.27. The van der Waals surface area contributed by atoms with E-state index in [1.54, 1.807) is 0 Å². The predicted molar refractivity (Wildman–Crippen MR) is 112 cm³/mol. The number of piperidine rings is 1. The van der Waals surface area contributed by atoms with Crippen LogP contribution in [0.5, 0.6) is 5.75 Å². The van der Waals surface area contributed by atoms with Crippen molar-refractivity contribution in [3.05, 3.63) is 54.2 Å². The van der Waals surface area contributed by atoms with Crippen LogP contribution in [0.25, 0.3) is 10.9 Å². The van der Waals surface area contributed by atoms with Crippen molar-refractivity contribution >= 4 is 22.7 Å². The number of ether oxygens (including phenoxy) is 1. The maximum absolute atomic E-state index is 6.45. The molecule has 5 rings (SSSR count). The van der Waals surface area contributed by atoms with E-state index in [1.807, 2.05) is 11.8 Å². The number of hydrogen-bond donors (Lipinski definition) is 0. The molecule has 0 spiro atoms. The lowest BCUT2D eigenvalue weighted by atomic mass is 10.1. The minimum absolute atomic E-state index is 0.238. The van der Waals surface area contributed by atoms with E-state index in [9.17, 15) is 0 Å². The van der Waals surface area contributed by atoms with E-state index in [4.69, 9.17) is 4.74 Å². The second kappa shape index (κ2) is 7.25. The van der Waals surface area contributed by atoms with Crippen molar-refractivity contribution in [2.45, 2.75) is 48.6 Å². The van der Waals surface area contributed by atoms with E-state index >= 15 is 0 Å². The molecule has 0 radical (unpaired) electrons. The Morgan fingerprint density at radius 3 is 2.63 bits per heavy atom. The van der Waals surface area contributed by atoms with Gasteiger partial charge in [0.1, 0.15) is 11.9 Å². The van der Waals surface area contributed by atoms with Crippen LogP contribution in [0.2, 0.25) is 0 Å². The van der Waals surface area contributed by atoms with E-state index < -0.39 is 0 Å². The highest BCUT2D eigenvalue weighted by molar-refractivity contribution is 7.99. The molecule has 2 aromatic carbocycles. The lowest BCUT2D eigenvalue weighted by Crippen LogP contribution is -2.42. The van der Waals surface area contributed by atoms with E-state index in [0.29, 0.717) is 0 Å². The van der Waals surface area contributed by atoms with Gasteiger partial charge in [-0.2, -0.15) is 0 Å². The molecule has 1 unspecified atom stereocenters. The first-order valence-corrected chi connectivity index (χ1v) is 10.8. The van der Waals surface area contributed by atoms with Gasteiger partial charge in [0.05, 0.1) is 12.1 Å². The summed E-state index contributed by atoms with van der Waals surface area (Å²) in [4.78, 5) is 5.23. The van der Waals surface area contributed by atoms with Crippen molar-refractivity contribution in [2.75, 3.05) is 19.6 Å². The van der Waals surface area contributed by atoms with Crippen molar-refractivity contribution in [3.8, 4) is 5.75 Å². The van der Waals surface area contributed by atoms with Gasteiger partial charge in [-0.3, -0.25) is 4.90 Å². The average Bonchev–Trinajstić information content (AvgIpc) is 2.97. The van der Waals surface area contributed by atoms with Crippen LogP contribution in [-0.2, 0) is 6.54 Å². The molecular weight excluding hydrogens is 352 g/mol. The number of nitrogens with zero attached hydrogens (tertiary/aromatic N) is 2. The lowest BCUT2D eigenvalue weighted by molar-refractivity contribution is 0.101. The third-order valence-corrected chi connectivity index (χ3v) is 7.03. The molecule has 27 heavy (non-hydrogen) atoms. The SMILES string of the molecule is Cc1c(Sc2ccccc2)c2cccc3c2n1CC(CN1CCCCC1)O3. The van der Waals surface area contributed by atoms with Gasteiger partial charge in [0.25, 0.3) is 0 Å². The van der Waals surface area contributed by atoms with Gasteiger partial charge in [-0.15, -0.1) is 0 Å². The van der Waals surface area contributed by atoms with Crippen molar-refractivity contribution in [1.29, 1.82) is 0 Å². The van der Waals surface area contributed by atoms with E-state index in [-0.39, 0.29) is 6.10 Å². The van der Waals surface area contributed by atoms with Gasteiger partial charge in [-0.25, -0.2) is 0 Å². The molecule has 1 saturated heterocycles. The van der Waals surface area contributed by atoms with Crippen LogP contribution < -0.4 is 4.74 Å². The lowest BCUT2D eigenvalue weighted by Gasteiger charge is -2.33. The molecule has 3 heterocycles. The Morgan fingerprint density at radius 1 is 1.00 bits per heavy atom. The highest BCUT2D eigenvalue weighted by Crippen LogP contribution is 2.43. The summed E-state index contributed by atoms with van der Waals surface area (Å²) in [6.45, 7) is 6.69. The largest absolute Gasteiger partial charge is 0.485 e. The highest BCUT2D eigenvalue weighted by atomic mass is 32.2. The van der Waals surface area contributed by atoms with Gasteiger partial charge in [0.2, 0.25) is 0 Å². The first kappa shape index (κ1) is 17.2. The Hall–Kier alpha value is -1.91. The van der Waals surface area contributed by atoms with E-state index in [0.717, 1.165) is 18.8 Å². The molecule has 4 heteroatoms. The fourth-order valence-electron chi connectivity index (χ4n) is 4.47. The molecular formula is C23H26N2OS. The molecule has 0 bridgehead atoms. The third-order valence-electron chi connectivity index (χ3n) is 5.80. The first-order chi connectivity index (χ1) is 13.3. The minimum Gasteiger partial charge on any atom is -0.485 e. The second-order valence-electron chi connectivity index (χ2n) is 7.69. The molecule has 2 aliphatic heterocycles. The van der Waals surface area contributed by atoms with Crippen LogP contribution in [0.3, 0.4) is 0 Å². The van der Waals surface area contributed by atoms with Crippen LogP contribution >= 0.6 is 11.8 Å². The third kappa shape index (κ3) is 3.26. The molecule has 0 saturated carbocycles. The number of para-hydroxylation sites is 1. The molecule has 0 aliphatic carbocycles. The van der Waals surface area contributed by atoms with Crippen LogP contribution in [0.4, 0.5) is 0 Å². The van der Waals surface area contributed by atoms with Gasteiger partial charge < -0.3 is 9.30 Å². The zero-order valence-corrected chi connectivity index (χ0v) is 16.7. The zero-order chi connectivity index (χ0) is 18.2. The van der Waals surface area contributed by atoms with Crippen LogP contribution in [0.1, 0.15) is 25.0 Å². The van der Waals surface area contributed by atoms with Crippen molar-refractivity contribution in [1.82, 2.24) is 9.47 Å². The Bertz CT molecular complexity index is 944. The predicted octanol–water partition coefficient (Wildman–Crippen LogP) is 5.35. The Kier molecular flexibility index (Phi) is 4.62. The van der Waals surface area contributed by atoms with Gasteiger partial charge in [0, 0.05) is 27.4 Å². The summed E-state index contributed by atoms with van der Waals surface area (Å²) >= 11 is 1.87. The number of aromatic nitrogens is 1. The highest BCUT2D eigenvalue weighted by Gasteiger charge is 2.28. The van der Waals surface area contributed by atoms with Crippen molar-refractivity contribution in [3.63, 3.8) is 0 Å². The summed E-state index contributed by atoms with van der Waals surface area (Å²) in [5.41, 5.74) is 2.63. The van der Waals surface area contributed by atoms with Crippen molar-refractivity contribution in [2.24, 2.45) is 0 Å². The fraction of sp³-hybridized carbons (Fsp3) is 0.391. The summed E-state index contributed by atoms with van der Waals surface area (Å²) in [5, 5.41) is 1.32. The monoisotopic (exact) mass is 378 g/mol. The average molecular weight is 379 g/mol. The Morgan fingerprint density at radius 2 is 1.81 bits per heavy atom. The van der Waals surface area contributed by atoms with Crippen LogP contribution in [-0.4, -0.2) is 35.2 Å². The number of hydrogen-bond acceptors (Lipinski definition) is 3. The molecule has 0 N–H and O–H groups in total. The minimum atomic E-state index is 0.238. The molecule has 3 aromatic rings. The van der Waals surface area contributed by atoms with Gasteiger partial charge in [-0.05, 0) is 51.1 Å². The quantitative estimate of drug-likeness (QED) is 0.609. The Labute approximate surface area is 165 Å². The molecule has 1 aromatic heterocycles. The van der Waals surface area contributed by atoms with Gasteiger partial charge >= 0.3 is 0 Å². The van der Waals surface area contributed by atoms with Crippen molar-refractivity contribution < 1.29 is 4.74 Å². The zero-order valence-electron chi connectivity index (χ0n) is 15.9. The molecule has 3 nitrogen and oxygen atoms in total. The van der Waals surface area contributed by atoms with E-state index in [2.05, 4.69) is 64.9 Å². The molecule has 0 amide bonds. The smallest absolute Gasteiger partial charge is 0.144 e. The topological polar surface area (TPSA) is 17.4 Å². The standard InChI is InChI=1S/C23H26N2OS/c1-17-23(27-19-9-4-2-5-10-19)20-11-8-12-21-22(20)25(17)16-18(26-21)15-24-13-6-3-7-14-24/h2,4-5,8-12,18H,3,6-7,13-16H2,1H3. The molecule has 1 atom stereocenters. The maximum atomic E-state index is 6.45. The van der Waals surface area contributed by atoms with Crippen LogP contribution in [0, 0.1) is 6.92 Å². The first-order valence-electron chi connectivity index (χ1n) is 10.0. The van der Waals surface area contributed by atoms with Crippen LogP contribution in [0.15, 0.2) is 58.3 Å². The summed E-state index contributed by atoms with van der Waals surface area (Å²) in [5.74, 6) is 1.05. The van der Waals surface area contributed by atoms with Gasteiger partial charge in [0.15, 0.2) is 0 Å². The summed E-state index contributed by atoms with van der Waals surface area (Å²) < 4.78 is 8.95. The van der Waals surface area contributed by atoms with Gasteiger partial charge in [-0.1, -0.05) is 48.5 Å². The molecule has 2 aliphatic rings. The Balaban J connectivity index is 1.48. The summed E-state index contributed by atoms with van der Waals surface area (Å²) in [6, 6.07) is 17.2. The maximum Gasteiger partial charge on any atom is 0.144 e. The summed E-state index contributed by atoms with van der Waals surface area (Å²) in [7, 11) is 0. The van der Waals surface area contributed by atoms with E-state index in [1.165, 1.54) is 58.7 Å². The number of benzene rings is 2. The normalized spacial score (nSPS) is 20.0.